The summed E-state index contributed by atoms with van der Waals surface area (Å²) in [6.07, 6.45) is 4.80. The standard InChI is InChI=1S/C16H25N3O2/c1-13(14(2)19-8-10-21-11-9-19)18-16(20)6-5-15-4-3-7-17-12-15/h3-4,7,12-14H,5-6,8-11H2,1-2H3,(H,18,20). The van der Waals surface area contributed by atoms with Gasteiger partial charge in [-0.2, -0.15) is 0 Å². The van der Waals surface area contributed by atoms with Crippen LogP contribution < -0.4 is 5.32 Å². The number of hydrogen-bond acceptors (Lipinski definition) is 4. The minimum Gasteiger partial charge on any atom is -0.379 e. The first kappa shape index (κ1) is 15.9. The molecule has 21 heavy (non-hydrogen) atoms. The van der Waals surface area contributed by atoms with Crippen LogP contribution in [0.5, 0.6) is 0 Å². The lowest BCUT2D eigenvalue weighted by molar-refractivity contribution is -0.122. The number of ether oxygens (including phenoxy) is 1. The molecule has 1 aliphatic rings. The second-order valence-corrected chi connectivity index (χ2v) is 5.61. The molecule has 5 heteroatoms. The maximum absolute atomic E-state index is 12.0. The maximum atomic E-state index is 12.0. The third-order valence-electron chi connectivity index (χ3n) is 4.10. The quantitative estimate of drug-likeness (QED) is 0.857. The molecule has 0 aromatic carbocycles. The Labute approximate surface area is 126 Å². The van der Waals surface area contributed by atoms with Crippen molar-refractivity contribution in [1.82, 2.24) is 15.2 Å². The van der Waals surface area contributed by atoms with Crippen molar-refractivity contribution < 1.29 is 9.53 Å². The fourth-order valence-corrected chi connectivity index (χ4v) is 2.55. The summed E-state index contributed by atoms with van der Waals surface area (Å²) in [6, 6.07) is 4.37. The Morgan fingerprint density at radius 2 is 2.19 bits per heavy atom. The Bertz CT molecular complexity index is 432. The van der Waals surface area contributed by atoms with Gasteiger partial charge in [0, 0.05) is 44.0 Å². The van der Waals surface area contributed by atoms with Gasteiger partial charge in [0.25, 0.3) is 0 Å². The van der Waals surface area contributed by atoms with E-state index in [4.69, 9.17) is 4.74 Å². The Hall–Kier alpha value is -1.46. The van der Waals surface area contributed by atoms with Gasteiger partial charge in [-0.05, 0) is 31.9 Å². The normalized spacial score (nSPS) is 19.0. The summed E-state index contributed by atoms with van der Waals surface area (Å²) in [5, 5.41) is 3.11. The zero-order valence-electron chi connectivity index (χ0n) is 12.9. The monoisotopic (exact) mass is 291 g/mol. The van der Waals surface area contributed by atoms with Gasteiger partial charge in [0.15, 0.2) is 0 Å². The molecule has 1 aliphatic heterocycles. The third-order valence-corrected chi connectivity index (χ3v) is 4.10. The first-order valence-corrected chi connectivity index (χ1v) is 7.67. The van der Waals surface area contributed by atoms with Crippen LogP contribution in [0.4, 0.5) is 0 Å². The van der Waals surface area contributed by atoms with Gasteiger partial charge in [-0.3, -0.25) is 14.7 Å². The van der Waals surface area contributed by atoms with Crippen LogP contribution in [0.1, 0.15) is 25.8 Å². The second-order valence-electron chi connectivity index (χ2n) is 5.61. The van der Waals surface area contributed by atoms with Crippen molar-refractivity contribution >= 4 is 5.91 Å². The SMILES string of the molecule is CC(NC(=O)CCc1cccnc1)C(C)N1CCOCC1. The topological polar surface area (TPSA) is 54.5 Å². The van der Waals surface area contributed by atoms with Gasteiger partial charge >= 0.3 is 0 Å². The highest BCUT2D eigenvalue weighted by Crippen LogP contribution is 2.08. The van der Waals surface area contributed by atoms with Crippen molar-refractivity contribution in [1.29, 1.82) is 0 Å². The molecule has 5 nitrogen and oxygen atoms in total. The maximum Gasteiger partial charge on any atom is 0.220 e. The number of carbonyl (C=O) groups excluding carboxylic acids is 1. The van der Waals surface area contributed by atoms with Crippen molar-refractivity contribution in [3.63, 3.8) is 0 Å². The molecule has 1 fully saturated rings. The number of morpholine rings is 1. The summed E-state index contributed by atoms with van der Waals surface area (Å²) in [4.78, 5) is 18.5. The van der Waals surface area contributed by atoms with Gasteiger partial charge in [-0.25, -0.2) is 0 Å². The van der Waals surface area contributed by atoms with Gasteiger partial charge in [0.1, 0.15) is 0 Å². The van der Waals surface area contributed by atoms with E-state index in [-0.39, 0.29) is 11.9 Å². The molecule has 0 bridgehead atoms. The van der Waals surface area contributed by atoms with E-state index in [0.29, 0.717) is 12.5 Å². The Morgan fingerprint density at radius 3 is 2.86 bits per heavy atom. The number of rotatable bonds is 6. The molecule has 1 N–H and O–H groups in total. The van der Waals surface area contributed by atoms with E-state index in [1.165, 1.54) is 0 Å². The number of pyridine rings is 1. The van der Waals surface area contributed by atoms with Crippen molar-refractivity contribution in [2.45, 2.75) is 38.8 Å². The van der Waals surface area contributed by atoms with Crippen LogP contribution in [0, 0.1) is 0 Å². The van der Waals surface area contributed by atoms with Crippen LogP contribution in [0.15, 0.2) is 24.5 Å². The number of aryl methyl sites for hydroxylation is 1. The van der Waals surface area contributed by atoms with E-state index >= 15 is 0 Å². The molecule has 2 heterocycles. The van der Waals surface area contributed by atoms with Gasteiger partial charge < -0.3 is 10.1 Å². The molecule has 1 aromatic heterocycles. The van der Waals surface area contributed by atoms with Crippen LogP contribution in [0.2, 0.25) is 0 Å². The van der Waals surface area contributed by atoms with Crippen LogP contribution >= 0.6 is 0 Å². The molecule has 0 saturated carbocycles. The fraction of sp³-hybridized carbons (Fsp3) is 0.625. The molecule has 1 aromatic rings. The highest BCUT2D eigenvalue weighted by molar-refractivity contribution is 5.76. The molecule has 2 unspecified atom stereocenters. The highest BCUT2D eigenvalue weighted by Gasteiger charge is 2.23. The lowest BCUT2D eigenvalue weighted by Gasteiger charge is -2.35. The smallest absolute Gasteiger partial charge is 0.220 e. The summed E-state index contributed by atoms with van der Waals surface area (Å²) < 4.78 is 5.36. The summed E-state index contributed by atoms with van der Waals surface area (Å²) >= 11 is 0. The van der Waals surface area contributed by atoms with E-state index in [1.54, 1.807) is 6.20 Å². The molecular formula is C16H25N3O2. The number of aromatic nitrogens is 1. The summed E-state index contributed by atoms with van der Waals surface area (Å²) in [5.74, 6) is 0.103. The average Bonchev–Trinajstić information content (AvgIpc) is 2.54. The minimum absolute atomic E-state index is 0.103. The molecule has 0 spiro atoms. The number of amides is 1. The zero-order valence-corrected chi connectivity index (χ0v) is 12.9. The first-order chi connectivity index (χ1) is 10.2. The molecule has 1 amide bonds. The van der Waals surface area contributed by atoms with Crippen molar-refractivity contribution in [2.75, 3.05) is 26.3 Å². The molecule has 0 radical (unpaired) electrons. The van der Waals surface area contributed by atoms with Gasteiger partial charge in [-0.1, -0.05) is 6.07 Å². The van der Waals surface area contributed by atoms with Gasteiger partial charge in [-0.15, -0.1) is 0 Å². The number of carbonyl (C=O) groups is 1. The summed E-state index contributed by atoms with van der Waals surface area (Å²) in [6.45, 7) is 7.69. The Morgan fingerprint density at radius 1 is 1.43 bits per heavy atom. The predicted octanol–water partition coefficient (Wildman–Crippen LogP) is 1.24. The van der Waals surface area contributed by atoms with Crippen LogP contribution in [-0.4, -0.2) is 54.2 Å². The molecule has 0 aliphatic carbocycles. The highest BCUT2D eigenvalue weighted by atomic mass is 16.5. The first-order valence-electron chi connectivity index (χ1n) is 7.67. The Kier molecular flexibility index (Phi) is 6.14. The van der Waals surface area contributed by atoms with Crippen LogP contribution in [0.25, 0.3) is 0 Å². The third kappa shape index (κ3) is 5.10. The fourth-order valence-electron chi connectivity index (χ4n) is 2.55. The van der Waals surface area contributed by atoms with Crippen LogP contribution in [0.3, 0.4) is 0 Å². The number of hydrogen-bond donors (Lipinski definition) is 1. The van der Waals surface area contributed by atoms with E-state index in [2.05, 4.69) is 29.0 Å². The molecule has 116 valence electrons. The lowest BCUT2D eigenvalue weighted by Crippen LogP contribution is -2.52. The number of nitrogens with zero attached hydrogens (tertiary/aromatic N) is 2. The molecule has 1 saturated heterocycles. The van der Waals surface area contributed by atoms with E-state index in [1.807, 2.05) is 18.3 Å². The van der Waals surface area contributed by atoms with Crippen molar-refractivity contribution in [3.05, 3.63) is 30.1 Å². The average molecular weight is 291 g/mol. The second kappa shape index (κ2) is 8.10. The van der Waals surface area contributed by atoms with Crippen molar-refractivity contribution in [3.8, 4) is 0 Å². The van der Waals surface area contributed by atoms with Crippen LogP contribution in [-0.2, 0) is 16.0 Å². The molecular weight excluding hydrogens is 266 g/mol. The summed E-state index contributed by atoms with van der Waals surface area (Å²) in [5.41, 5.74) is 1.10. The van der Waals surface area contributed by atoms with E-state index in [0.717, 1.165) is 38.3 Å². The van der Waals surface area contributed by atoms with Crippen molar-refractivity contribution in [2.24, 2.45) is 0 Å². The summed E-state index contributed by atoms with van der Waals surface area (Å²) in [7, 11) is 0. The van der Waals surface area contributed by atoms with Gasteiger partial charge in [0.2, 0.25) is 5.91 Å². The lowest BCUT2D eigenvalue weighted by atomic mass is 10.1. The zero-order chi connectivity index (χ0) is 15.1. The predicted molar refractivity (Wildman–Crippen MR) is 82.0 cm³/mol. The van der Waals surface area contributed by atoms with E-state index in [9.17, 15) is 4.79 Å². The minimum atomic E-state index is 0.103. The Balaban J connectivity index is 1.73. The van der Waals surface area contributed by atoms with Gasteiger partial charge in [0.05, 0.1) is 13.2 Å². The molecule has 2 rings (SSSR count). The van der Waals surface area contributed by atoms with E-state index < -0.39 is 0 Å². The largest absolute Gasteiger partial charge is 0.379 e. The number of nitrogens with one attached hydrogen (secondary N) is 1. The molecule has 2 atom stereocenters.